The van der Waals surface area contributed by atoms with Crippen LogP contribution in [0.2, 0.25) is 0 Å². The molecule has 0 spiro atoms. The van der Waals surface area contributed by atoms with Gasteiger partial charge >= 0.3 is 0 Å². The summed E-state index contributed by atoms with van der Waals surface area (Å²) in [5.74, 6) is 1.66. The molecule has 1 aliphatic rings. The lowest BCUT2D eigenvalue weighted by Crippen LogP contribution is -2.31. The Balaban J connectivity index is 1.75. The number of aromatic nitrogens is 2. The van der Waals surface area contributed by atoms with E-state index in [0.717, 1.165) is 28.7 Å². The van der Waals surface area contributed by atoms with Crippen molar-refractivity contribution in [2.24, 2.45) is 5.73 Å². The second-order valence-electron chi connectivity index (χ2n) is 5.37. The van der Waals surface area contributed by atoms with Crippen molar-refractivity contribution in [1.29, 1.82) is 0 Å². The lowest BCUT2D eigenvalue weighted by molar-refractivity contribution is 0.289. The first kappa shape index (κ1) is 13.8. The third-order valence-electron chi connectivity index (χ3n) is 3.93. The molecule has 0 radical (unpaired) electrons. The van der Waals surface area contributed by atoms with E-state index in [1.807, 2.05) is 18.2 Å². The number of nitrogens with zero attached hydrogens (tertiary/aromatic N) is 2. The third kappa shape index (κ3) is 2.94. The molecule has 1 heterocycles. The molecule has 2 N–H and O–H groups in total. The van der Waals surface area contributed by atoms with Crippen molar-refractivity contribution in [2.75, 3.05) is 0 Å². The minimum Gasteiger partial charge on any atom is -0.339 e. The fourth-order valence-electron chi connectivity index (χ4n) is 2.77. The molecule has 1 saturated carbocycles. The summed E-state index contributed by atoms with van der Waals surface area (Å²) in [5.41, 5.74) is 7.32. The highest BCUT2D eigenvalue weighted by Crippen LogP contribution is 2.31. The monoisotopic (exact) mass is 335 g/mol. The smallest absolute Gasteiger partial charge is 0.231 e. The van der Waals surface area contributed by atoms with E-state index in [4.69, 9.17) is 10.3 Å². The summed E-state index contributed by atoms with van der Waals surface area (Å²) in [6.07, 6.45) is 5.17. The lowest BCUT2D eigenvalue weighted by atomic mass is 9.85. The first-order valence-electron chi connectivity index (χ1n) is 7.05. The molecule has 5 heteroatoms. The Bertz CT molecular complexity index is 584. The normalized spacial score (nSPS) is 22.9. The highest BCUT2D eigenvalue weighted by Gasteiger charge is 2.28. The van der Waals surface area contributed by atoms with Crippen molar-refractivity contribution in [3.05, 3.63) is 46.0 Å². The van der Waals surface area contributed by atoms with Crippen molar-refractivity contribution >= 4 is 15.9 Å². The number of nitrogens with two attached hydrogens (primary N) is 1. The van der Waals surface area contributed by atoms with E-state index in [1.54, 1.807) is 0 Å². The number of halogens is 1. The van der Waals surface area contributed by atoms with Gasteiger partial charge in [0.15, 0.2) is 5.82 Å². The summed E-state index contributed by atoms with van der Waals surface area (Å²) >= 11 is 3.54. The van der Waals surface area contributed by atoms with Crippen LogP contribution in [-0.4, -0.2) is 16.2 Å². The molecule has 1 fully saturated rings. The van der Waals surface area contributed by atoms with Crippen LogP contribution in [0.4, 0.5) is 0 Å². The van der Waals surface area contributed by atoms with Gasteiger partial charge < -0.3 is 10.3 Å². The highest BCUT2D eigenvalue weighted by molar-refractivity contribution is 9.10. The molecule has 3 rings (SSSR count). The summed E-state index contributed by atoms with van der Waals surface area (Å²) in [4.78, 5) is 4.54. The molecular weight excluding hydrogens is 318 g/mol. The van der Waals surface area contributed by atoms with Crippen LogP contribution in [0, 0.1) is 0 Å². The van der Waals surface area contributed by atoms with E-state index in [2.05, 4.69) is 32.1 Å². The van der Waals surface area contributed by atoms with Crippen LogP contribution in [0.5, 0.6) is 0 Å². The summed E-state index contributed by atoms with van der Waals surface area (Å²) in [5, 5.41) is 4.10. The number of hydrogen-bond donors (Lipinski definition) is 1. The Hall–Kier alpha value is -1.20. The zero-order valence-electron chi connectivity index (χ0n) is 11.3. The van der Waals surface area contributed by atoms with Crippen molar-refractivity contribution in [2.45, 2.75) is 44.1 Å². The van der Waals surface area contributed by atoms with Gasteiger partial charge in [0.2, 0.25) is 5.89 Å². The van der Waals surface area contributed by atoms with Gasteiger partial charge in [-0.25, -0.2) is 0 Å². The molecule has 106 valence electrons. The van der Waals surface area contributed by atoms with Gasteiger partial charge in [0.05, 0.1) is 5.92 Å². The zero-order chi connectivity index (χ0) is 13.9. The number of rotatable bonds is 3. The Morgan fingerprint density at radius 2 is 2.05 bits per heavy atom. The maximum atomic E-state index is 6.16. The Morgan fingerprint density at radius 3 is 2.85 bits per heavy atom. The first-order chi connectivity index (χ1) is 9.74. The van der Waals surface area contributed by atoms with E-state index in [0.29, 0.717) is 12.3 Å². The van der Waals surface area contributed by atoms with E-state index in [1.165, 1.54) is 12.8 Å². The van der Waals surface area contributed by atoms with Gasteiger partial charge in [-0.2, -0.15) is 4.98 Å². The van der Waals surface area contributed by atoms with Gasteiger partial charge in [-0.3, -0.25) is 0 Å². The Morgan fingerprint density at radius 1 is 1.25 bits per heavy atom. The summed E-state index contributed by atoms with van der Waals surface area (Å²) in [6.45, 7) is 0. The molecule has 1 aromatic carbocycles. The van der Waals surface area contributed by atoms with E-state index in [9.17, 15) is 0 Å². The maximum absolute atomic E-state index is 6.16. The number of benzene rings is 1. The van der Waals surface area contributed by atoms with Crippen LogP contribution < -0.4 is 5.73 Å². The second kappa shape index (κ2) is 6.06. The number of hydrogen-bond acceptors (Lipinski definition) is 4. The van der Waals surface area contributed by atoms with Crippen molar-refractivity contribution in [3.8, 4) is 0 Å². The SMILES string of the molecule is NC1CCCCC1c1nc(Cc2ccccc2Br)no1. The predicted octanol–water partition coefficient (Wildman–Crippen LogP) is 3.41. The van der Waals surface area contributed by atoms with Gasteiger partial charge in [-0.15, -0.1) is 0 Å². The molecule has 1 aliphatic carbocycles. The Labute approximate surface area is 126 Å². The molecule has 20 heavy (non-hydrogen) atoms. The van der Waals surface area contributed by atoms with E-state index in [-0.39, 0.29) is 12.0 Å². The van der Waals surface area contributed by atoms with Crippen LogP contribution in [0.25, 0.3) is 0 Å². The quantitative estimate of drug-likeness (QED) is 0.933. The van der Waals surface area contributed by atoms with Crippen molar-refractivity contribution < 1.29 is 4.52 Å². The maximum Gasteiger partial charge on any atom is 0.231 e. The lowest BCUT2D eigenvalue weighted by Gasteiger charge is -2.25. The first-order valence-corrected chi connectivity index (χ1v) is 7.85. The van der Waals surface area contributed by atoms with Crippen LogP contribution in [-0.2, 0) is 6.42 Å². The van der Waals surface area contributed by atoms with Crippen LogP contribution in [0.15, 0.2) is 33.3 Å². The van der Waals surface area contributed by atoms with Gasteiger partial charge in [0, 0.05) is 16.9 Å². The topological polar surface area (TPSA) is 64.9 Å². The van der Waals surface area contributed by atoms with Gasteiger partial charge in [-0.1, -0.05) is 52.1 Å². The van der Waals surface area contributed by atoms with E-state index < -0.39 is 0 Å². The van der Waals surface area contributed by atoms with Crippen molar-refractivity contribution in [3.63, 3.8) is 0 Å². The molecule has 2 unspecified atom stereocenters. The van der Waals surface area contributed by atoms with Crippen LogP contribution in [0.3, 0.4) is 0 Å². The molecule has 0 saturated heterocycles. The molecular formula is C15H18BrN3O. The Kier molecular flexibility index (Phi) is 4.17. The molecule has 4 nitrogen and oxygen atoms in total. The summed E-state index contributed by atoms with van der Waals surface area (Å²) in [6, 6.07) is 8.24. The average Bonchev–Trinajstić information content (AvgIpc) is 2.90. The van der Waals surface area contributed by atoms with Crippen LogP contribution >= 0.6 is 15.9 Å². The predicted molar refractivity (Wildman–Crippen MR) is 80.4 cm³/mol. The fourth-order valence-corrected chi connectivity index (χ4v) is 3.19. The molecule has 2 atom stereocenters. The van der Waals surface area contributed by atoms with E-state index >= 15 is 0 Å². The van der Waals surface area contributed by atoms with Crippen LogP contribution in [0.1, 0.15) is 48.9 Å². The molecule has 0 aliphatic heterocycles. The molecule has 1 aromatic heterocycles. The minimum atomic E-state index is 0.153. The summed E-state index contributed by atoms with van der Waals surface area (Å²) < 4.78 is 6.50. The molecule has 0 bridgehead atoms. The molecule has 0 amide bonds. The second-order valence-corrected chi connectivity index (χ2v) is 6.23. The van der Waals surface area contributed by atoms with Gasteiger partial charge in [-0.05, 0) is 24.5 Å². The zero-order valence-corrected chi connectivity index (χ0v) is 12.8. The molecule has 2 aromatic rings. The fraction of sp³-hybridized carbons (Fsp3) is 0.467. The highest BCUT2D eigenvalue weighted by atomic mass is 79.9. The largest absolute Gasteiger partial charge is 0.339 e. The standard InChI is InChI=1S/C15H18BrN3O/c16-12-7-3-1-5-10(12)9-14-18-15(20-19-14)11-6-2-4-8-13(11)17/h1,3,5,7,11,13H,2,4,6,8-9,17H2. The third-order valence-corrected chi connectivity index (χ3v) is 4.70. The van der Waals surface area contributed by atoms with Crippen molar-refractivity contribution in [1.82, 2.24) is 10.1 Å². The minimum absolute atomic E-state index is 0.153. The average molecular weight is 336 g/mol. The van der Waals surface area contributed by atoms with Gasteiger partial charge in [0.25, 0.3) is 0 Å². The van der Waals surface area contributed by atoms with Gasteiger partial charge in [0.1, 0.15) is 0 Å². The summed E-state index contributed by atoms with van der Waals surface area (Å²) in [7, 11) is 0.